The topological polar surface area (TPSA) is 143 Å². The first-order valence-electron chi connectivity index (χ1n) is 9.57. The molecule has 0 fully saturated rings. The fraction of sp³-hybridized carbons (Fsp3) is 0.286. The standard InChI is InChI=1S/C21H25N5O4/c27-11-16(12-28)23-10-20-22-7-6-17(25-20)15-8-18(24-9-15)21(30)26-19(13-29)14-4-2-1-3-5-14/h1-9,16,19,23-24,27-29H,10-13H2,(H,26,30). The van der Waals surface area contributed by atoms with Crippen LogP contribution in [0.4, 0.5) is 0 Å². The van der Waals surface area contributed by atoms with Crippen LogP contribution in [0, 0.1) is 0 Å². The lowest BCUT2D eigenvalue weighted by Gasteiger charge is -2.16. The van der Waals surface area contributed by atoms with Crippen LogP contribution in [0.3, 0.4) is 0 Å². The van der Waals surface area contributed by atoms with Crippen molar-refractivity contribution in [3.8, 4) is 11.3 Å². The highest BCUT2D eigenvalue weighted by Crippen LogP contribution is 2.19. The number of aliphatic hydroxyl groups excluding tert-OH is 3. The first-order chi connectivity index (χ1) is 14.6. The summed E-state index contributed by atoms with van der Waals surface area (Å²) in [5.74, 6) is 0.157. The summed E-state index contributed by atoms with van der Waals surface area (Å²) >= 11 is 0. The molecular formula is C21H25N5O4. The Bertz CT molecular complexity index is 943. The Hall–Kier alpha value is -3.11. The third kappa shape index (κ3) is 5.49. The molecule has 3 aromatic rings. The summed E-state index contributed by atoms with van der Waals surface area (Å²) in [6, 6.07) is 11.7. The quantitative estimate of drug-likeness (QED) is 0.283. The van der Waals surface area contributed by atoms with Gasteiger partial charge in [-0.05, 0) is 17.7 Å². The van der Waals surface area contributed by atoms with Crippen LogP contribution < -0.4 is 10.6 Å². The molecule has 2 heterocycles. The molecule has 30 heavy (non-hydrogen) atoms. The molecule has 2 aromatic heterocycles. The van der Waals surface area contributed by atoms with E-state index in [1.54, 1.807) is 24.5 Å². The van der Waals surface area contributed by atoms with Crippen molar-refractivity contribution in [2.45, 2.75) is 18.6 Å². The lowest BCUT2D eigenvalue weighted by Crippen LogP contribution is -2.35. The summed E-state index contributed by atoms with van der Waals surface area (Å²) in [4.78, 5) is 24.2. The monoisotopic (exact) mass is 411 g/mol. The van der Waals surface area contributed by atoms with Crippen LogP contribution in [0.1, 0.15) is 27.9 Å². The van der Waals surface area contributed by atoms with Gasteiger partial charge >= 0.3 is 0 Å². The van der Waals surface area contributed by atoms with Crippen LogP contribution in [-0.2, 0) is 6.54 Å². The van der Waals surface area contributed by atoms with E-state index in [1.165, 1.54) is 0 Å². The van der Waals surface area contributed by atoms with E-state index in [2.05, 4.69) is 25.6 Å². The van der Waals surface area contributed by atoms with Crippen LogP contribution in [0.15, 0.2) is 54.9 Å². The molecular weight excluding hydrogens is 386 g/mol. The number of nitrogens with one attached hydrogen (secondary N) is 3. The van der Waals surface area contributed by atoms with Crippen molar-refractivity contribution < 1.29 is 20.1 Å². The van der Waals surface area contributed by atoms with Crippen molar-refractivity contribution in [3.05, 3.63) is 71.9 Å². The number of rotatable bonds is 10. The van der Waals surface area contributed by atoms with E-state index in [-0.39, 0.29) is 32.3 Å². The molecule has 0 spiro atoms. The Balaban J connectivity index is 1.68. The first kappa shape index (κ1) is 21.6. The van der Waals surface area contributed by atoms with E-state index in [9.17, 15) is 9.90 Å². The van der Waals surface area contributed by atoms with Crippen LogP contribution in [0.2, 0.25) is 0 Å². The van der Waals surface area contributed by atoms with Gasteiger partial charge in [0.15, 0.2) is 0 Å². The van der Waals surface area contributed by atoms with E-state index in [4.69, 9.17) is 10.2 Å². The lowest BCUT2D eigenvalue weighted by atomic mass is 10.1. The summed E-state index contributed by atoms with van der Waals surface area (Å²) in [6.07, 6.45) is 3.28. The van der Waals surface area contributed by atoms with Gasteiger partial charge < -0.3 is 30.9 Å². The second-order valence-corrected chi connectivity index (χ2v) is 6.72. The van der Waals surface area contributed by atoms with Crippen molar-refractivity contribution in [1.29, 1.82) is 0 Å². The van der Waals surface area contributed by atoms with Gasteiger partial charge in [0.25, 0.3) is 5.91 Å². The molecule has 0 saturated carbocycles. The SMILES string of the molecule is O=C(NC(CO)c1ccccc1)c1cc(-c2ccnc(CNC(CO)CO)n2)c[nH]1. The van der Waals surface area contributed by atoms with Crippen molar-refractivity contribution in [1.82, 2.24) is 25.6 Å². The predicted octanol–water partition coefficient (Wildman–Crippen LogP) is 0.378. The predicted molar refractivity (Wildman–Crippen MR) is 110 cm³/mol. The molecule has 0 aliphatic heterocycles. The van der Waals surface area contributed by atoms with Gasteiger partial charge in [0.1, 0.15) is 11.5 Å². The summed E-state index contributed by atoms with van der Waals surface area (Å²) in [5, 5.41) is 33.7. The smallest absolute Gasteiger partial charge is 0.268 e. The zero-order valence-corrected chi connectivity index (χ0v) is 16.3. The van der Waals surface area contributed by atoms with Gasteiger partial charge in [-0.3, -0.25) is 4.79 Å². The minimum absolute atomic E-state index is 0.190. The number of carbonyl (C=O) groups is 1. The van der Waals surface area contributed by atoms with Crippen LogP contribution in [0.25, 0.3) is 11.3 Å². The van der Waals surface area contributed by atoms with E-state index >= 15 is 0 Å². The minimum atomic E-state index is -0.506. The Morgan fingerprint density at radius 1 is 1.07 bits per heavy atom. The number of H-pyrrole nitrogens is 1. The van der Waals surface area contributed by atoms with Gasteiger partial charge in [-0.25, -0.2) is 9.97 Å². The maximum Gasteiger partial charge on any atom is 0.268 e. The van der Waals surface area contributed by atoms with Crippen molar-refractivity contribution in [3.63, 3.8) is 0 Å². The van der Waals surface area contributed by atoms with Gasteiger partial charge in [0.2, 0.25) is 0 Å². The number of carbonyl (C=O) groups excluding carboxylic acids is 1. The molecule has 9 heteroatoms. The van der Waals surface area contributed by atoms with Gasteiger partial charge in [-0.2, -0.15) is 0 Å². The molecule has 1 amide bonds. The molecule has 1 atom stereocenters. The molecule has 0 aliphatic rings. The molecule has 6 N–H and O–H groups in total. The fourth-order valence-corrected chi connectivity index (χ4v) is 2.90. The Kier molecular flexibility index (Phi) is 7.63. The molecule has 9 nitrogen and oxygen atoms in total. The third-order valence-corrected chi connectivity index (χ3v) is 4.61. The Morgan fingerprint density at radius 3 is 2.53 bits per heavy atom. The molecule has 158 valence electrons. The van der Waals surface area contributed by atoms with Crippen LogP contribution in [0.5, 0.6) is 0 Å². The number of aromatic amines is 1. The molecule has 1 aromatic carbocycles. The first-order valence-corrected chi connectivity index (χ1v) is 9.57. The molecule has 0 saturated heterocycles. The summed E-state index contributed by atoms with van der Waals surface area (Å²) in [5.41, 5.74) is 2.50. The number of aliphatic hydroxyl groups is 3. The zero-order valence-electron chi connectivity index (χ0n) is 16.3. The fourth-order valence-electron chi connectivity index (χ4n) is 2.90. The highest BCUT2D eigenvalue weighted by Gasteiger charge is 2.17. The molecule has 0 radical (unpaired) electrons. The van der Waals surface area contributed by atoms with Gasteiger partial charge in [-0.15, -0.1) is 0 Å². The Labute approximate surface area is 173 Å². The lowest BCUT2D eigenvalue weighted by molar-refractivity contribution is 0.0911. The minimum Gasteiger partial charge on any atom is -0.395 e. The molecule has 1 unspecified atom stereocenters. The van der Waals surface area contributed by atoms with E-state index < -0.39 is 12.1 Å². The number of amides is 1. The number of benzene rings is 1. The van der Waals surface area contributed by atoms with Crippen molar-refractivity contribution in [2.75, 3.05) is 19.8 Å². The van der Waals surface area contributed by atoms with Crippen LogP contribution >= 0.6 is 0 Å². The maximum absolute atomic E-state index is 12.6. The van der Waals surface area contributed by atoms with Crippen molar-refractivity contribution in [2.24, 2.45) is 0 Å². The summed E-state index contributed by atoms with van der Waals surface area (Å²) in [6.45, 7) is -0.310. The third-order valence-electron chi connectivity index (χ3n) is 4.61. The second-order valence-electron chi connectivity index (χ2n) is 6.72. The second kappa shape index (κ2) is 10.6. The average molecular weight is 411 g/mol. The van der Waals surface area contributed by atoms with Gasteiger partial charge in [0, 0.05) is 18.0 Å². The number of aromatic nitrogens is 3. The summed E-state index contributed by atoms with van der Waals surface area (Å²) < 4.78 is 0. The van der Waals surface area contributed by atoms with Crippen LogP contribution in [-0.4, -0.2) is 62.0 Å². The highest BCUT2D eigenvalue weighted by molar-refractivity contribution is 5.94. The molecule has 3 rings (SSSR count). The number of nitrogens with zero attached hydrogens (tertiary/aromatic N) is 2. The van der Waals surface area contributed by atoms with E-state index in [0.29, 0.717) is 22.8 Å². The normalized spacial score (nSPS) is 12.1. The molecule has 0 bridgehead atoms. The Morgan fingerprint density at radius 2 is 1.83 bits per heavy atom. The zero-order chi connectivity index (χ0) is 21.3. The highest BCUT2D eigenvalue weighted by atomic mass is 16.3. The number of hydrogen-bond donors (Lipinski definition) is 6. The maximum atomic E-state index is 12.6. The largest absolute Gasteiger partial charge is 0.395 e. The van der Waals surface area contributed by atoms with E-state index in [0.717, 1.165) is 5.56 Å². The van der Waals surface area contributed by atoms with Gasteiger partial charge in [-0.1, -0.05) is 30.3 Å². The molecule has 0 aliphatic carbocycles. The van der Waals surface area contributed by atoms with E-state index in [1.807, 2.05) is 30.3 Å². The van der Waals surface area contributed by atoms with Gasteiger partial charge in [0.05, 0.1) is 44.1 Å². The summed E-state index contributed by atoms with van der Waals surface area (Å²) in [7, 11) is 0. The number of hydrogen-bond acceptors (Lipinski definition) is 7. The average Bonchev–Trinajstić information content (AvgIpc) is 3.29. The van der Waals surface area contributed by atoms with Crippen molar-refractivity contribution >= 4 is 5.91 Å².